The third-order valence-corrected chi connectivity index (χ3v) is 7.45. The summed E-state index contributed by atoms with van der Waals surface area (Å²) in [6.07, 6.45) is 4.21. The number of nitrogens with one attached hydrogen (secondary N) is 3. The number of benzene rings is 1. The predicted octanol–water partition coefficient (Wildman–Crippen LogP) is 3.00. The molecular weight excluding hydrogens is 398 g/mol. The Morgan fingerprint density at radius 1 is 1.30 bits per heavy atom. The van der Waals surface area contributed by atoms with Crippen molar-refractivity contribution < 1.29 is 9.59 Å². The van der Waals surface area contributed by atoms with Gasteiger partial charge in [0.05, 0.1) is 23.1 Å². The molecule has 162 valence electrons. The van der Waals surface area contributed by atoms with Gasteiger partial charge in [0.15, 0.2) is 0 Å². The summed E-state index contributed by atoms with van der Waals surface area (Å²) in [4.78, 5) is 28.4. The molecule has 2 saturated heterocycles. The molecule has 4 rings (SSSR count). The lowest BCUT2D eigenvalue weighted by atomic mass is 10.0. The van der Waals surface area contributed by atoms with Crippen molar-refractivity contribution in [1.29, 1.82) is 0 Å². The molecule has 30 heavy (non-hydrogen) atoms. The Hall–Kier alpha value is -2.22. The van der Waals surface area contributed by atoms with Crippen molar-refractivity contribution in [2.45, 2.75) is 69.3 Å². The number of carbonyl (C=O) groups is 2. The molecule has 0 radical (unpaired) electrons. The Kier molecular flexibility index (Phi) is 6.51. The standard InChI is InChI=1S/C22H31N5O2S/c1-14(2)27-17-8-4-3-7-15(17)24-19(27)11-12-23-20(28)10-6-5-9-18-21-16(13-30-18)25-22(29)26-21/h3-4,7-8,14,16,18,21H,5-6,9-13H2,1-2H3,(H,23,28)(H2,25,26,29)/t16-,18-,21+/m0/s1. The van der Waals surface area contributed by atoms with Gasteiger partial charge in [-0.3, -0.25) is 4.79 Å². The lowest BCUT2D eigenvalue weighted by Crippen LogP contribution is -2.36. The third kappa shape index (κ3) is 4.58. The van der Waals surface area contributed by atoms with Gasteiger partial charge in [-0.2, -0.15) is 11.8 Å². The Bertz CT molecular complexity index is 912. The Morgan fingerprint density at radius 2 is 2.13 bits per heavy atom. The normalized spacial score (nSPS) is 22.9. The number of hydrogen-bond donors (Lipinski definition) is 3. The fourth-order valence-corrected chi connectivity index (χ4v) is 6.07. The minimum atomic E-state index is -0.0410. The summed E-state index contributed by atoms with van der Waals surface area (Å²) in [6, 6.07) is 8.98. The van der Waals surface area contributed by atoms with Crippen LogP contribution in [0.1, 0.15) is 51.4 Å². The van der Waals surface area contributed by atoms with Gasteiger partial charge in [-0.1, -0.05) is 18.6 Å². The van der Waals surface area contributed by atoms with Crippen LogP contribution in [0.3, 0.4) is 0 Å². The van der Waals surface area contributed by atoms with Crippen LogP contribution in [0.2, 0.25) is 0 Å². The van der Waals surface area contributed by atoms with Crippen LogP contribution in [0, 0.1) is 0 Å². The van der Waals surface area contributed by atoms with Crippen LogP contribution in [0.15, 0.2) is 24.3 Å². The summed E-state index contributed by atoms with van der Waals surface area (Å²) >= 11 is 1.92. The van der Waals surface area contributed by atoms with Gasteiger partial charge >= 0.3 is 6.03 Å². The van der Waals surface area contributed by atoms with Crippen molar-refractivity contribution in [3.8, 4) is 0 Å². The fourth-order valence-electron chi connectivity index (χ4n) is 4.52. The second kappa shape index (κ2) is 9.29. The Morgan fingerprint density at radius 3 is 2.97 bits per heavy atom. The van der Waals surface area contributed by atoms with E-state index in [0.717, 1.165) is 48.3 Å². The van der Waals surface area contributed by atoms with Crippen molar-refractivity contribution in [2.75, 3.05) is 12.3 Å². The van der Waals surface area contributed by atoms with E-state index in [2.05, 4.69) is 40.4 Å². The summed E-state index contributed by atoms with van der Waals surface area (Å²) in [5, 5.41) is 9.50. The summed E-state index contributed by atoms with van der Waals surface area (Å²) < 4.78 is 2.25. The van der Waals surface area contributed by atoms with Crippen LogP contribution in [0.4, 0.5) is 4.79 Å². The minimum absolute atomic E-state index is 0.0410. The number of nitrogens with zero attached hydrogens (tertiary/aromatic N) is 2. The number of aromatic nitrogens is 2. The molecule has 0 saturated carbocycles. The molecule has 7 nitrogen and oxygen atoms in total. The van der Waals surface area contributed by atoms with E-state index in [1.165, 1.54) is 0 Å². The molecule has 2 aromatic rings. The number of carbonyl (C=O) groups excluding carboxylic acids is 2. The zero-order valence-corrected chi connectivity index (χ0v) is 18.5. The van der Waals surface area contributed by atoms with E-state index in [1.54, 1.807) is 0 Å². The van der Waals surface area contributed by atoms with E-state index < -0.39 is 0 Å². The molecule has 1 aromatic heterocycles. The van der Waals surface area contributed by atoms with Gasteiger partial charge in [0.25, 0.3) is 0 Å². The van der Waals surface area contributed by atoms with Crippen LogP contribution >= 0.6 is 11.8 Å². The molecule has 2 fully saturated rings. The summed E-state index contributed by atoms with van der Waals surface area (Å²) in [6.45, 7) is 4.93. The van der Waals surface area contributed by atoms with Crippen LogP contribution in [-0.2, 0) is 11.2 Å². The molecule has 3 atom stereocenters. The number of amides is 3. The van der Waals surface area contributed by atoms with E-state index >= 15 is 0 Å². The van der Waals surface area contributed by atoms with Gasteiger partial charge in [-0.05, 0) is 38.8 Å². The maximum Gasteiger partial charge on any atom is 0.315 e. The number of fused-ring (bicyclic) bond motifs is 2. The number of unbranched alkanes of at least 4 members (excludes halogenated alkanes) is 1. The first-order chi connectivity index (χ1) is 14.5. The van der Waals surface area contributed by atoms with E-state index in [0.29, 0.717) is 24.3 Å². The molecule has 3 N–H and O–H groups in total. The first kappa shape index (κ1) is 21.0. The number of thioether (sulfide) groups is 1. The van der Waals surface area contributed by atoms with Crippen LogP contribution in [0.25, 0.3) is 11.0 Å². The minimum Gasteiger partial charge on any atom is -0.356 e. The smallest absolute Gasteiger partial charge is 0.315 e. The second-order valence-corrected chi connectivity index (χ2v) is 9.72. The second-order valence-electron chi connectivity index (χ2n) is 8.45. The highest BCUT2D eigenvalue weighted by Crippen LogP contribution is 2.33. The monoisotopic (exact) mass is 429 g/mol. The molecule has 1 aromatic carbocycles. The van der Waals surface area contributed by atoms with Crippen molar-refractivity contribution >= 4 is 34.7 Å². The van der Waals surface area contributed by atoms with Crippen molar-refractivity contribution in [1.82, 2.24) is 25.5 Å². The average Bonchev–Trinajstić information content (AvgIpc) is 3.37. The van der Waals surface area contributed by atoms with E-state index in [-0.39, 0.29) is 24.0 Å². The van der Waals surface area contributed by atoms with Gasteiger partial charge in [-0.15, -0.1) is 0 Å². The molecule has 0 aliphatic carbocycles. The quantitative estimate of drug-likeness (QED) is 0.422. The Balaban J connectivity index is 1.18. The largest absolute Gasteiger partial charge is 0.356 e. The molecule has 2 aliphatic heterocycles. The number of para-hydroxylation sites is 2. The number of hydrogen-bond acceptors (Lipinski definition) is 4. The van der Waals surface area contributed by atoms with Crippen LogP contribution < -0.4 is 16.0 Å². The topological polar surface area (TPSA) is 88.0 Å². The molecule has 2 aliphatic rings. The summed E-state index contributed by atoms with van der Waals surface area (Å²) in [7, 11) is 0. The maximum atomic E-state index is 12.2. The summed E-state index contributed by atoms with van der Waals surface area (Å²) in [5.41, 5.74) is 2.16. The molecular formula is C22H31N5O2S. The third-order valence-electron chi connectivity index (χ3n) is 5.94. The SMILES string of the molecule is CC(C)n1c(CCNC(=O)CCCC[C@@H]2SC[C@@H]3NC(=O)N[C@H]32)nc2ccccc21. The zero-order valence-electron chi connectivity index (χ0n) is 17.7. The van der Waals surface area contributed by atoms with E-state index in [9.17, 15) is 9.59 Å². The lowest BCUT2D eigenvalue weighted by molar-refractivity contribution is -0.121. The average molecular weight is 430 g/mol. The van der Waals surface area contributed by atoms with E-state index in [1.807, 2.05) is 30.0 Å². The van der Waals surface area contributed by atoms with E-state index in [4.69, 9.17) is 4.98 Å². The maximum absolute atomic E-state index is 12.2. The van der Waals surface area contributed by atoms with Crippen LogP contribution in [0.5, 0.6) is 0 Å². The van der Waals surface area contributed by atoms with Gasteiger partial charge in [0, 0.05) is 36.4 Å². The molecule has 3 amide bonds. The van der Waals surface area contributed by atoms with Gasteiger partial charge in [0.2, 0.25) is 5.91 Å². The number of urea groups is 1. The number of imidazole rings is 1. The first-order valence-corrected chi connectivity index (χ1v) is 12.0. The van der Waals surface area contributed by atoms with Gasteiger partial charge in [0.1, 0.15) is 5.82 Å². The first-order valence-electron chi connectivity index (χ1n) is 10.9. The molecule has 0 unspecified atom stereocenters. The molecule has 0 spiro atoms. The fraction of sp³-hybridized carbons (Fsp3) is 0.591. The van der Waals surface area contributed by atoms with Crippen molar-refractivity contribution in [3.63, 3.8) is 0 Å². The lowest BCUT2D eigenvalue weighted by Gasteiger charge is -2.16. The van der Waals surface area contributed by atoms with Crippen molar-refractivity contribution in [2.24, 2.45) is 0 Å². The Labute approximate surface area is 181 Å². The number of rotatable bonds is 9. The van der Waals surface area contributed by atoms with Gasteiger partial charge in [-0.25, -0.2) is 9.78 Å². The zero-order chi connectivity index (χ0) is 21.1. The highest BCUT2D eigenvalue weighted by atomic mass is 32.2. The molecule has 8 heteroatoms. The van der Waals surface area contributed by atoms with Crippen LogP contribution in [-0.4, -0.2) is 51.1 Å². The summed E-state index contributed by atoms with van der Waals surface area (Å²) in [5.74, 6) is 2.11. The highest BCUT2D eigenvalue weighted by Gasteiger charge is 2.42. The molecule has 0 bridgehead atoms. The van der Waals surface area contributed by atoms with Crippen molar-refractivity contribution in [3.05, 3.63) is 30.1 Å². The molecule has 3 heterocycles. The highest BCUT2D eigenvalue weighted by molar-refractivity contribution is 8.00. The predicted molar refractivity (Wildman–Crippen MR) is 121 cm³/mol. The van der Waals surface area contributed by atoms with Gasteiger partial charge < -0.3 is 20.5 Å².